The standard InChI is InChI=1S/C23H29N5O3S2/c1-16(2)20(25-22(29)18-7-5-15-33-18)23(30)28-12-10-27(11-13-28)9-3-8-19-24-21(26-31-19)17-6-4-14-32-17/h4-7,14-16,20H,3,8-13H2,1-2H3,(H,25,29). The molecule has 4 heterocycles. The maximum atomic E-state index is 13.1. The van der Waals surface area contributed by atoms with Crippen LogP contribution in [0.25, 0.3) is 10.7 Å². The van der Waals surface area contributed by atoms with E-state index in [0.717, 1.165) is 37.4 Å². The van der Waals surface area contributed by atoms with E-state index in [1.807, 2.05) is 47.7 Å². The largest absolute Gasteiger partial charge is 0.339 e. The molecule has 176 valence electrons. The van der Waals surface area contributed by atoms with Crippen LogP contribution in [0.3, 0.4) is 0 Å². The minimum Gasteiger partial charge on any atom is -0.339 e. The van der Waals surface area contributed by atoms with Gasteiger partial charge in [-0.1, -0.05) is 31.1 Å². The number of hydrogen-bond acceptors (Lipinski definition) is 8. The number of rotatable bonds is 9. The average molecular weight is 488 g/mol. The van der Waals surface area contributed by atoms with Gasteiger partial charge in [-0.25, -0.2) is 0 Å². The van der Waals surface area contributed by atoms with E-state index >= 15 is 0 Å². The molecule has 1 saturated heterocycles. The van der Waals surface area contributed by atoms with Crippen molar-refractivity contribution in [3.63, 3.8) is 0 Å². The second kappa shape index (κ2) is 11.0. The van der Waals surface area contributed by atoms with E-state index in [2.05, 4.69) is 20.4 Å². The van der Waals surface area contributed by atoms with Crippen LogP contribution in [-0.4, -0.2) is 70.5 Å². The minimum absolute atomic E-state index is 0.00141. The van der Waals surface area contributed by atoms with E-state index in [1.54, 1.807) is 17.4 Å². The number of nitrogens with zero attached hydrogens (tertiary/aromatic N) is 4. The Morgan fingerprint density at radius 2 is 1.88 bits per heavy atom. The number of aryl methyl sites for hydroxylation is 1. The number of nitrogens with one attached hydrogen (secondary N) is 1. The van der Waals surface area contributed by atoms with Crippen molar-refractivity contribution in [1.82, 2.24) is 25.3 Å². The zero-order valence-corrected chi connectivity index (χ0v) is 20.5. The maximum absolute atomic E-state index is 13.1. The summed E-state index contributed by atoms with van der Waals surface area (Å²) < 4.78 is 5.37. The Morgan fingerprint density at radius 1 is 1.12 bits per heavy atom. The summed E-state index contributed by atoms with van der Waals surface area (Å²) in [5, 5.41) is 10.9. The molecule has 10 heteroatoms. The molecule has 8 nitrogen and oxygen atoms in total. The van der Waals surface area contributed by atoms with Gasteiger partial charge < -0.3 is 14.7 Å². The fourth-order valence-corrected chi connectivity index (χ4v) is 5.11. The second-order valence-corrected chi connectivity index (χ2v) is 10.3. The van der Waals surface area contributed by atoms with Gasteiger partial charge >= 0.3 is 0 Å². The number of carbonyl (C=O) groups is 2. The van der Waals surface area contributed by atoms with Gasteiger partial charge in [-0.3, -0.25) is 14.5 Å². The molecule has 1 N–H and O–H groups in total. The van der Waals surface area contributed by atoms with Gasteiger partial charge in [-0.15, -0.1) is 22.7 Å². The highest BCUT2D eigenvalue weighted by molar-refractivity contribution is 7.13. The topological polar surface area (TPSA) is 91.6 Å². The van der Waals surface area contributed by atoms with E-state index in [1.165, 1.54) is 11.3 Å². The van der Waals surface area contributed by atoms with E-state index < -0.39 is 6.04 Å². The van der Waals surface area contributed by atoms with E-state index in [-0.39, 0.29) is 17.7 Å². The molecule has 1 aliphatic rings. The van der Waals surface area contributed by atoms with Crippen molar-refractivity contribution in [2.24, 2.45) is 5.92 Å². The fraction of sp³-hybridized carbons (Fsp3) is 0.478. The van der Waals surface area contributed by atoms with Crippen LogP contribution in [0.2, 0.25) is 0 Å². The lowest BCUT2D eigenvalue weighted by Gasteiger charge is -2.37. The van der Waals surface area contributed by atoms with E-state index in [9.17, 15) is 9.59 Å². The third kappa shape index (κ3) is 6.07. The van der Waals surface area contributed by atoms with Gasteiger partial charge in [-0.2, -0.15) is 4.98 Å². The van der Waals surface area contributed by atoms with Crippen LogP contribution in [0.1, 0.15) is 35.8 Å². The summed E-state index contributed by atoms with van der Waals surface area (Å²) in [5.74, 6) is 1.15. The van der Waals surface area contributed by atoms with Gasteiger partial charge in [0.25, 0.3) is 5.91 Å². The van der Waals surface area contributed by atoms with Crippen molar-refractivity contribution >= 4 is 34.5 Å². The molecule has 33 heavy (non-hydrogen) atoms. The predicted molar refractivity (Wildman–Crippen MR) is 129 cm³/mol. The lowest BCUT2D eigenvalue weighted by Crippen LogP contribution is -2.56. The third-order valence-electron chi connectivity index (χ3n) is 5.72. The molecule has 0 bridgehead atoms. The van der Waals surface area contributed by atoms with Gasteiger partial charge in [0.2, 0.25) is 17.6 Å². The highest BCUT2D eigenvalue weighted by atomic mass is 32.1. The third-order valence-corrected chi connectivity index (χ3v) is 7.46. The minimum atomic E-state index is -0.513. The molecule has 0 spiro atoms. The summed E-state index contributed by atoms with van der Waals surface area (Å²) in [7, 11) is 0. The molecule has 3 aromatic heterocycles. The molecule has 1 fully saturated rings. The lowest BCUT2D eigenvalue weighted by atomic mass is 10.0. The van der Waals surface area contributed by atoms with E-state index in [4.69, 9.17) is 4.52 Å². The average Bonchev–Trinajstić information content (AvgIpc) is 3.59. The van der Waals surface area contributed by atoms with Crippen molar-refractivity contribution in [3.8, 4) is 10.7 Å². The number of thiophene rings is 2. The fourth-order valence-electron chi connectivity index (χ4n) is 3.84. The van der Waals surface area contributed by atoms with Gasteiger partial charge in [-0.05, 0) is 41.8 Å². The summed E-state index contributed by atoms with van der Waals surface area (Å²) in [6.45, 7) is 7.82. The molecular weight excluding hydrogens is 458 g/mol. The van der Waals surface area contributed by atoms with Gasteiger partial charge in [0.15, 0.2) is 0 Å². The Morgan fingerprint density at radius 3 is 2.55 bits per heavy atom. The van der Waals surface area contributed by atoms with Crippen LogP contribution in [0.4, 0.5) is 0 Å². The molecule has 0 aliphatic carbocycles. The zero-order valence-electron chi connectivity index (χ0n) is 18.9. The number of piperazine rings is 1. The summed E-state index contributed by atoms with van der Waals surface area (Å²) >= 11 is 2.98. The molecule has 4 rings (SSSR count). The molecule has 0 radical (unpaired) electrons. The molecule has 2 amide bonds. The molecule has 0 saturated carbocycles. The first kappa shape index (κ1) is 23.6. The Balaban J connectivity index is 1.21. The smallest absolute Gasteiger partial charge is 0.262 e. The molecule has 3 aromatic rings. The van der Waals surface area contributed by atoms with Crippen LogP contribution >= 0.6 is 22.7 Å². The Hall–Kier alpha value is -2.56. The molecule has 1 atom stereocenters. The number of amides is 2. The molecule has 1 unspecified atom stereocenters. The molecule has 0 aromatic carbocycles. The Bertz CT molecular complexity index is 1020. The first-order chi connectivity index (χ1) is 16.0. The number of hydrogen-bond donors (Lipinski definition) is 1. The lowest BCUT2D eigenvalue weighted by molar-refractivity contribution is -0.136. The SMILES string of the molecule is CC(C)C(NC(=O)c1cccs1)C(=O)N1CCN(CCCc2nc(-c3cccs3)no2)CC1. The van der Waals surface area contributed by atoms with Crippen LogP contribution in [-0.2, 0) is 11.2 Å². The maximum Gasteiger partial charge on any atom is 0.262 e. The number of aromatic nitrogens is 2. The second-order valence-electron chi connectivity index (χ2n) is 8.43. The van der Waals surface area contributed by atoms with Crippen LogP contribution in [0.5, 0.6) is 0 Å². The zero-order chi connectivity index (χ0) is 23.2. The Kier molecular flexibility index (Phi) is 7.89. The highest BCUT2D eigenvalue weighted by Gasteiger charge is 2.31. The predicted octanol–water partition coefficient (Wildman–Crippen LogP) is 3.39. The highest BCUT2D eigenvalue weighted by Crippen LogP contribution is 2.21. The Labute approximate surface area is 201 Å². The quantitative estimate of drug-likeness (QED) is 0.498. The summed E-state index contributed by atoms with van der Waals surface area (Å²) in [5.41, 5.74) is 0. The van der Waals surface area contributed by atoms with Gasteiger partial charge in [0, 0.05) is 32.6 Å². The van der Waals surface area contributed by atoms with Crippen molar-refractivity contribution < 1.29 is 14.1 Å². The normalized spacial score (nSPS) is 15.7. The van der Waals surface area contributed by atoms with Crippen LogP contribution < -0.4 is 5.32 Å². The van der Waals surface area contributed by atoms with Crippen molar-refractivity contribution in [1.29, 1.82) is 0 Å². The van der Waals surface area contributed by atoms with Crippen molar-refractivity contribution in [3.05, 3.63) is 45.8 Å². The summed E-state index contributed by atoms with van der Waals surface area (Å²) in [6, 6.07) is 7.06. The number of carbonyl (C=O) groups excluding carboxylic acids is 2. The first-order valence-corrected chi connectivity index (χ1v) is 13.0. The van der Waals surface area contributed by atoms with Crippen molar-refractivity contribution in [2.45, 2.75) is 32.7 Å². The van der Waals surface area contributed by atoms with E-state index in [0.29, 0.717) is 29.7 Å². The van der Waals surface area contributed by atoms with Crippen LogP contribution in [0.15, 0.2) is 39.5 Å². The van der Waals surface area contributed by atoms with Gasteiger partial charge in [0.1, 0.15) is 6.04 Å². The summed E-state index contributed by atoms with van der Waals surface area (Å²) in [6.07, 6.45) is 1.66. The van der Waals surface area contributed by atoms with Crippen molar-refractivity contribution in [2.75, 3.05) is 32.7 Å². The monoisotopic (exact) mass is 487 g/mol. The van der Waals surface area contributed by atoms with Crippen LogP contribution in [0, 0.1) is 5.92 Å². The molecular formula is C23H29N5O3S2. The van der Waals surface area contributed by atoms with Gasteiger partial charge in [0.05, 0.1) is 9.75 Å². The summed E-state index contributed by atoms with van der Waals surface area (Å²) in [4.78, 5) is 35.9. The first-order valence-electron chi connectivity index (χ1n) is 11.2. The molecule has 1 aliphatic heterocycles.